The molecule has 0 bridgehead atoms. The van der Waals surface area contributed by atoms with Gasteiger partial charge < -0.3 is 10.2 Å². The third-order valence-electron chi connectivity index (χ3n) is 5.36. The average Bonchev–Trinajstić information content (AvgIpc) is 2.86. The van der Waals surface area contributed by atoms with E-state index in [9.17, 15) is 14.0 Å². The highest BCUT2D eigenvalue weighted by molar-refractivity contribution is 7.98. The zero-order chi connectivity index (χ0) is 23.5. The Labute approximate surface area is 199 Å². The lowest BCUT2D eigenvalue weighted by Crippen LogP contribution is -2.49. The van der Waals surface area contributed by atoms with Crippen molar-refractivity contribution in [2.45, 2.75) is 31.2 Å². The van der Waals surface area contributed by atoms with E-state index < -0.39 is 6.04 Å². The topological polar surface area (TPSA) is 49.4 Å². The minimum Gasteiger partial charge on any atom is -0.357 e. The van der Waals surface area contributed by atoms with E-state index in [0.29, 0.717) is 18.6 Å². The van der Waals surface area contributed by atoms with Crippen LogP contribution in [0.3, 0.4) is 0 Å². The first kappa shape index (κ1) is 24.5. The number of halogens is 1. The number of nitrogens with one attached hydrogen (secondary N) is 1. The Kier molecular flexibility index (Phi) is 9.51. The molecule has 172 valence electrons. The van der Waals surface area contributed by atoms with Gasteiger partial charge >= 0.3 is 0 Å². The van der Waals surface area contributed by atoms with Crippen LogP contribution in [0.25, 0.3) is 0 Å². The summed E-state index contributed by atoms with van der Waals surface area (Å²) in [6, 6.07) is 25.2. The van der Waals surface area contributed by atoms with Crippen LogP contribution in [-0.4, -0.2) is 35.6 Å². The molecule has 0 aliphatic rings. The van der Waals surface area contributed by atoms with Crippen LogP contribution in [0, 0.1) is 5.82 Å². The molecule has 0 fully saturated rings. The SMILES string of the molecule is CNC(=O)[C@H](Cc1ccccc1)N(Cc1ccc(F)cc1)C(=O)CCSCc1ccccc1. The van der Waals surface area contributed by atoms with E-state index in [1.807, 2.05) is 48.5 Å². The maximum atomic E-state index is 13.4. The van der Waals surface area contributed by atoms with Gasteiger partial charge in [0.15, 0.2) is 0 Å². The maximum Gasteiger partial charge on any atom is 0.242 e. The summed E-state index contributed by atoms with van der Waals surface area (Å²) in [6.45, 7) is 0.243. The molecular formula is C27H29FN2O2S. The smallest absolute Gasteiger partial charge is 0.242 e. The Morgan fingerprint density at radius 3 is 2.09 bits per heavy atom. The van der Waals surface area contributed by atoms with Crippen molar-refractivity contribution >= 4 is 23.6 Å². The zero-order valence-corrected chi connectivity index (χ0v) is 19.6. The summed E-state index contributed by atoms with van der Waals surface area (Å²) >= 11 is 1.69. The van der Waals surface area contributed by atoms with Gasteiger partial charge in [0.05, 0.1) is 0 Å². The number of likely N-dealkylation sites (N-methyl/N-ethyl adjacent to an activating group) is 1. The Morgan fingerprint density at radius 1 is 0.879 bits per heavy atom. The third-order valence-corrected chi connectivity index (χ3v) is 6.39. The van der Waals surface area contributed by atoms with Crippen LogP contribution in [0.15, 0.2) is 84.9 Å². The third kappa shape index (κ3) is 7.75. The van der Waals surface area contributed by atoms with Crippen LogP contribution in [0.4, 0.5) is 4.39 Å². The molecule has 1 N–H and O–H groups in total. The summed E-state index contributed by atoms with van der Waals surface area (Å²) in [4.78, 5) is 27.8. The monoisotopic (exact) mass is 464 g/mol. The first-order valence-electron chi connectivity index (χ1n) is 11.0. The van der Waals surface area contributed by atoms with E-state index in [2.05, 4.69) is 17.4 Å². The highest BCUT2D eigenvalue weighted by atomic mass is 32.2. The number of hydrogen-bond donors (Lipinski definition) is 1. The molecule has 6 heteroatoms. The first-order chi connectivity index (χ1) is 16.1. The van der Waals surface area contributed by atoms with Gasteiger partial charge in [-0.1, -0.05) is 72.8 Å². The fourth-order valence-electron chi connectivity index (χ4n) is 3.57. The Balaban J connectivity index is 1.74. The number of nitrogens with zero attached hydrogens (tertiary/aromatic N) is 1. The molecule has 3 aromatic rings. The van der Waals surface area contributed by atoms with Crippen LogP contribution in [-0.2, 0) is 28.3 Å². The van der Waals surface area contributed by atoms with Crippen LogP contribution in [0.5, 0.6) is 0 Å². The minimum atomic E-state index is -0.658. The number of carbonyl (C=O) groups excluding carboxylic acids is 2. The second-order valence-electron chi connectivity index (χ2n) is 7.76. The zero-order valence-electron chi connectivity index (χ0n) is 18.7. The molecule has 33 heavy (non-hydrogen) atoms. The molecule has 0 aliphatic heterocycles. The molecule has 3 rings (SSSR count). The van der Waals surface area contributed by atoms with Gasteiger partial charge in [0, 0.05) is 37.9 Å². The van der Waals surface area contributed by atoms with Crippen molar-refractivity contribution in [1.82, 2.24) is 10.2 Å². The molecule has 1 atom stereocenters. The van der Waals surface area contributed by atoms with Gasteiger partial charge in [-0.05, 0) is 28.8 Å². The second kappa shape index (κ2) is 12.8. The summed E-state index contributed by atoms with van der Waals surface area (Å²) in [5, 5.41) is 2.71. The van der Waals surface area contributed by atoms with E-state index in [4.69, 9.17) is 0 Å². The van der Waals surface area contributed by atoms with E-state index in [1.54, 1.807) is 35.8 Å². The summed E-state index contributed by atoms with van der Waals surface area (Å²) in [5.74, 6) is 0.839. The highest BCUT2D eigenvalue weighted by Crippen LogP contribution is 2.18. The van der Waals surface area contributed by atoms with Gasteiger partial charge in [-0.15, -0.1) is 0 Å². The fourth-order valence-corrected chi connectivity index (χ4v) is 4.47. The Hall–Kier alpha value is -3.12. The van der Waals surface area contributed by atoms with Crippen molar-refractivity contribution in [3.05, 3.63) is 107 Å². The molecule has 4 nitrogen and oxygen atoms in total. The minimum absolute atomic E-state index is 0.0931. The molecule has 0 unspecified atom stereocenters. The van der Waals surface area contributed by atoms with E-state index in [1.165, 1.54) is 17.7 Å². The molecule has 0 saturated heterocycles. The van der Waals surface area contributed by atoms with Crippen LogP contribution in [0.1, 0.15) is 23.1 Å². The van der Waals surface area contributed by atoms with Gasteiger partial charge in [-0.25, -0.2) is 4.39 Å². The predicted octanol–water partition coefficient (Wildman–Crippen LogP) is 4.84. The molecule has 0 saturated carbocycles. The summed E-state index contributed by atoms with van der Waals surface area (Å²) < 4.78 is 13.4. The van der Waals surface area contributed by atoms with Gasteiger partial charge in [0.25, 0.3) is 0 Å². The lowest BCUT2D eigenvalue weighted by atomic mass is 10.0. The highest BCUT2D eigenvalue weighted by Gasteiger charge is 2.29. The van der Waals surface area contributed by atoms with Crippen LogP contribution in [0.2, 0.25) is 0 Å². The maximum absolute atomic E-state index is 13.4. The first-order valence-corrected chi connectivity index (χ1v) is 12.1. The molecule has 0 heterocycles. The average molecular weight is 465 g/mol. The quantitative estimate of drug-likeness (QED) is 0.413. The van der Waals surface area contributed by atoms with E-state index in [0.717, 1.165) is 16.9 Å². The lowest BCUT2D eigenvalue weighted by Gasteiger charge is -2.31. The Morgan fingerprint density at radius 2 is 1.48 bits per heavy atom. The normalized spacial score (nSPS) is 11.6. The number of carbonyl (C=O) groups is 2. The van der Waals surface area contributed by atoms with Gasteiger partial charge in [-0.2, -0.15) is 11.8 Å². The van der Waals surface area contributed by atoms with Crippen LogP contribution >= 0.6 is 11.8 Å². The summed E-state index contributed by atoms with van der Waals surface area (Å²) in [6.07, 6.45) is 0.728. The molecule has 2 amide bonds. The van der Waals surface area contributed by atoms with Gasteiger partial charge in [0.2, 0.25) is 11.8 Å². The summed E-state index contributed by atoms with van der Waals surface area (Å²) in [5.41, 5.74) is 2.97. The Bertz CT molecular complexity index is 1010. The number of amides is 2. The molecular weight excluding hydrogens is 435 g/mol. The van der Waals surface area contributed by atoms with E-state index in [-0.39, 0.29) is 24.2 Å². The molecule has 3 aromatic carbocycles. The van der Waals surface area contributed by atoms with Crippen molar-refractivity contribution in [2.75, 3.05) is 12.8 Å². The van der Waals surface area contributed by atoms with Crippen molar-refractivity contribution in [1.29, 1.82) is 0 Å². The number of rotatable bonds is 11. The van der Waals surface area contributed by atoms with Crippen LogP contribution < -0.4 is 5.32 Å². The van der Waals surface area contributed by atoms with Crippen molar-refractivity contribution in [3.8, 4) is 0 Å². The van der Waals surface area contributed by atoms with Crippen molar-refractivity contribution in [3.63, 3.8) is 0 Å². The van der Waals surface area contributed by atoms with Gasteiger partial charge in [-0.3, -0.25) is 9.59 Å². The number of benzene rings is 3. The lowest BCUT2D eigenvalue weighted by molar-refractivity contribution is -0.140. The number of thioether (sulfide) groups is 1. The standard InChI is InChI=1S/C27H29FN2O2S/c1-29-27(32)25(18-21-8-4-2-5-9-21)30(19-22-12-14-24(28)15-13-22)26(31)16-17-33-20-23-10-6-3-7-11-23/h2-15,25H,16-20H2,1H3,(H,29,32)/t25-/m0/s1. The summed E-state index contributed by atoms with van der Waals surface area (Å²) in [7, 11) is 1.58. The largest absolute Gasteiger partial charge is 0.357 e. The predicted molar refractivity (Wildman–Crippen MR) is 132 cm³/mol. The van der Waals surface area contributed by atoms with Gasteiger partial charge in [0.1, 0.15) is 11.9 Å². The molecule has 0 radical (unpaired) electrons. The van der Waals surface area contributed by atoms with Crippen molar-refractivity contribution in [2.24, 2.45) is 0 Å². The second-order valence-corrected chi connectivity index (χ2v) is 8.86. The number of hydrogen-bond acceptors (Lipinski definition) is 3. The van der Waals surface area contributed by atoms with Crippen molar-refractivity contribution < 1.29 is 14.0 Å². The molecule has 0 aromatic heterocycles. The fraction of sp³-hybridized carbons (Fsp3) is 0.259. The molecule has 0 aliphatic carbocycles. The van der Waals surface area contributed by atoms with E-state index >= 15 is 0 Å². The molecule has 0 spiro atoms.